The van der Waals surface area contributed by atoms with Crippen LogP contribution in [0.25, 0.3) is 0 Å². The Balaban J connectivity index is 1.76. The van der Waals surface area contributed by atoms with E-state index in [1.165, 1.54) is 31.5 Å². The number of likely N-dealkylation sites (tertiary alicyclic amines) is 1. The molecular weight excluding hydrogens is 274 g/mol. The molecule has 1 amide bonds. The van der Waals surface area contributed by atoms with Crippen LogP contribution in [0.5, 0.6) is 0 Å². The second-order valence-corrected chi connectivity index (χ2v) is 6.43. The topological polar surface area (TPSA) is 44.4 Å². The van der Waals surface area contributed by atoms with Gasteiger partial charge in [-0.15, -0.1) is 0 Å². The van der Waals surface area contributed by atoms with Crippen LogP contribution in [-0.4, -0.2) is 37.5 Å². The van der Waals surface area contributed by atoms with Gasteiger partial charge in [0.2, 0.25) is 5.91 Å². The van der Waals surface area contributed by atoms with E-state index >= 15 is 0 Å². The Labute approximate surface area is 134 Å². The molecule has 4 nitrogen and oxygen atoms in total. The maximum Gasteiger partial charge on any atom is 0.221 e. The Kier molecular flexibility index (Phi) is 6.87. The van der Waals surface area contributed by atoms with E-state index in [2.05, 4.69) is 46.7 Å². The summed E-state index contributed by atoms with van der Waals surface area (Å²) in [6, 6.07) is 8.63. The van der Waals surface area contributed by atoms with E-state index in [9.17, 15) is 4.79 Å². The first-order valence-corrected chi connectivity index (χ1v) is 8.39. The number of carbonyl (C=O) groups excluding carboxylic acids is 1. The molecule has 1 aliphatic rings. The van der Waals surface area contributed by atoms with Gasteiger partial charge in [-0.1, -0.05) is 31.2 Å². The fourth-order valence-corrected chi connectivity index (χ4v) is 2.98. The highest BCUT2D eigenvalue weighted by atomic mass is 16.1. The van der Waals surface area contributed by atoms with Crippen LogP contribution in [0.1, 0.15) is 37.3 Å². The van der Waals surface area contributed by atoms with Gasteiger partial charge >= 0.3 is 0 Å². The van der Waals surface area contributed by atoms with E-state index in [-0.39, 0.29) is 5.91 Å². The van der Waals surface area contributed by atoms with Gasteiger partial charge in [0.05, 0.1) is 0 Å². The summed E-state index contributed by atoms with van der Waals surface area (Å²) in [7, 11) is 1.86. The maximum absolute atomic E-state index is 11.6. The highest BCUT2D eigenvalue weighted by Crippen LogP contribution is 2.18. The third-order valence-corrected chi connectivity index (χ3v) is 4.26. The van der Waals surface area contributed by atoms with E-state index in [4.69, 9.17) is 0 Å². The van der Waals surface area contributed by atoms with E-state index in [1.807, 2.05) is 7.05 Å². The van der Waals surface area contributed by atoms with Crippen molar-refractivity contribution in [2.45, 2.75) is 39.3 Å². The van der Waals surface area contributed by atoms with Gasteiger partial charge in [0.25, 0.3) is 0 Å². The molecule has 0 aromatic heterocycles. The second kappa shape index (κ2) is 8.91. The first-order chi connectivity index (χ1) is 10.7. The molecule has 22 heavy (non-hydrogen) atoms. The highest BCUT2D eigenvalue weighted by molar-refractivity contribution is 5.76. The SMILES string of the molecule is CNCCC(=O)NCc1ccc(CN2CCCC(C)C2)cc1. The van der Waals surface area contributed by atoms with Gasteiger partial charge in [0.1, 0.15) is 0 Å². The fraction of sp³-hybridized carbons (Fsp3) is 0.611. The molecule has 1 heterocycles. The van der Waals surface area contributed by atoms with Crippen LogP contribution >= 0.6 is 0 Å². The van der Waals surface area contributed by atoms with Gasteiger partial charge in [-0.25, -0.2) is 0 Å². The van der Waals surface area contributed by atoms with Gasteiger partial charge in [-0.3, -0.25) is 9.69 Å². The van der Waals surface area contributed by atoms with E-state index in [0.717, 1.165) is 24.6 Å². The average molecular weight is 303 g/mol. The minimum Gasteiger partial charge on any atom is -0.352 e. The summed E-state index contributed by atoms with van der Waals surface area (Å²) in [6.07, 6.45) is 3.21. The molecule has 1 aromatic carbocycles. The van der Waals surface area contributed by atoms with Crippen molar-refractivity contribution >= 4 is 5.91 Å². The van der Waals surface area contributed by atoms with Gasteiger partial charge in [-0.2, -0.15) is 0 Å². The molecule has 1 aliphatic heterocycles. The number of rotatable bonds is 7. The third kappa shape index (κ3) is 5.78. The Morgan fingerprint density at radius 3 is 2.68 bits per heavy atom. The first-order valence-electron chi connectivity index (χ1n) is 8.39. The smallest absolute Gasteiger partial charge is 0.221 e. The van der Waals surface area contributed by atoms with Gasteiger partial charge in [0.15, 0.2) is 0 Å². The van der Waals surface area contributed by atoms with Crippen LogP contribution in [-0.2, 0) is 17.9 Å². The standard InChI is InChI=1S/C18H29N3O/c1-15-4-3-11-21(13-15)14-17-7-5-16(6-8-17)12-20-18(22)9-10-19-2/h5-8,15,19H,3-4,9-14H2,1-2H3,(H,20,22). The lowest BCUT2D eigenvalue weighted by Crippen LogP contribution is -2.33. The molecule has 2 N–H and O–H groups in total. The molecule has 4 heteroatoms. The van der Waals surface area contributed by atoms with Crippen molar-refractivity contribution in [3.63, 3.8) is 0 Å². The molecule has 122 valence electrons. The monoisotopic (exact) mass is 303 g/mol. The summed E-state index contributed by atoms with van der Waals surface area (Å²) in [4.78, 5) is 14.1. The molecule has 1 fully saturated rings. The van der Waals surface area contributed by atoms with Gasteiger partial charge in [-0.05, 0) is 43.5 Å². The number of nitrogens with one attached hydrogen (secondary N) is 2. The van der Waals surface area contributed by atoms with Crippen molar-refractivity contribution in [3.05, 3.63) is 35.4 Å². The lowest BCUT2D eigenvalue weighted by atomic mass is 9.99. The zero-order chi connectivity index (χ0) is 15.8. The van der Waals surface area contributed by atoms with E-state index < -0.39 is 0 Å². The largest absolute Gasteiger partial charge is 0.352 e. The molecule has 0 aliphatic carbocycles. The third-order valence-electron chi connectivity index (χ3n) is 4.26. The highest BCUT2D eigenvalue weighted by Gasteiger charge is 2.16. The lowest BCUT2D eigenvalue weighted by Gasteiger charge is -2.30. The molecule has 1 atom stereocenters. The van der Waals surface area contributed by atoms with Crippen molar-refractivity contribution in [2.75, 3.05) is 26.7 Å². The molecule has 0 bridgehead atoms. The van der Waals surface area contributed by atoms with Crippen molar-refractivity contribution in [2.24, 2.45) is 5.92 Å². The number of hydrogen-bond acceptors (Lipinski definition) is 3. The Morgan fingerprint density at radius 2 is 2.00 bits per heavy atom. The van der Waals surface area contributed by atoms with Gasteiger partial charge < -0.3 is 10.6 Å². The molecule has 1 saturated heterocycles. The minimum atomic E-state index is 0.0979. The van der Waals surface area contributed by atoms with E-state index in [1.54, 1.807) is 0 Å². The number of hydrogen-bond donors (Lipinski definition) is 2. The zero-order valence-corrected chi connectivity index (χ0v) is 13.9. The first kappa shape index (κ1) is 17.0. The van der Waals surface area contributed by atoms with Crippen LogP contribution in [0.3, 0.4) is 0 Å². The Hall–Kier alpha value is -1.39. The Bertz CT molecular complexity index is 458. The number of benzene rings is 1. The summed E-state index contributed by atoms with van der Waals surface area (Å²) in [6.45, 7) is 7.14. The van der Waals surface area contributed by atoms with Crippen molar-refractivity contribution in [1.29, 1.82) is 0 Å². The normalized spacial score (nSPS) is 19.1. The van der Waals surface area contributed by atoms with Crippen molar-refractivity contribution in [3.8, 4) is 0 Å². The van der Waals surface area contributed by atoms with E-state index in [0.29, 0.717) is 13.0 Å². The summed E-state index contributed by atoms with van der Waals surface area (Å²) in [5.41, 5.74) is 2.52. The van der Waals surface area contributed by atoms with Crippen LogP contribution in [0.15, 0.2) is 24.3 Å². The minimum absolute atomic E-state index is 0.0979. The fourth-order valence-electron chi connectivity index (χ4n) is 2.98. The predicted octanol–water partition coefficient (Wildman–Crippen LogP) is 2.14. The summed E-state index contributed by atoms with van der Waals surface area (Å²) in [5, 5.41) is 5.93. The molecule has 2 rings (SSSR count). The van der Waals surface area contributed by atoms with Crippen LogP contribution in [0.2, 0.25) is 0 Å². The number of carbonyl (C=O) groups is 1. The average Bonchev–Trinajstić information content (AvgIpc) is 2.52. The lowest BCUT2D eigenvalue weighted by molar-refractivity contribution is -0.121. The van der Waals surface area contributed by atoms with Crippen molar-refractivity contribution < 1.29 is 4.79 Å². The molecule has 0 saturated carbocycles. The second-order valence-electron chi connectivity index (χ2n) is 6.43. The number of amides is 1. The number of nitrogens with zero attached hydrogens (tertiary/aromatic N) is 1. The maximum atomic E-state index is 11.6. The van der Waals surface area contributed by atoms with Crippen LogP contribution < -0.4 is 10.6 Å². The van der Waals surface area contributed by atoms with Crippen LogP contribution in [0.4, 0.5) is 0 Å². The summed E-state index contributed by atoms with van der Waals surface area (Å²) in [5.74, 6) is 0.918. The quantitative estimate of drug-likeness (QED) is 0.811. The summed E-state index contributed by atoms with van der Waals surface area (Å²) < 4.78 is 0. The van der Waals surface area contributed by atoms with Crippen LogP contribution in [0, 0.1) is 5.92 Å². The number of piperidine rings is 1. The van der Waals surface area contributed by atoms with Gasteiger partial charge in [0, 0.05) is 32.6 Å². The zero-order valence-electron chi connectivity index (χ0n) is 13.9. The van der Waals surface area contributed by atoms with Crippen molar-refractivity contribution in [1.82, 2.24) is 15.5 Å². The predicted molar refractivity (Wildman–Crippen MR) is 90.5 cm³/mol. The Morgan fingerprint density at radius 1 is 1.27 bits per heavy atom. The molecule has 1 unspecified atom stereocenters. The summed E-state index contributed by atoms with van der Waals surface area (Å²) >= 11 is 0. The molecule has 0 radical (unpaired) electrons. The molecular formula is C18H29N3O. The molecule has 0 spiro atoms. The molecule has 1 aromatic rings.